The van der Waals surface area contributed by atoms with Crippen molar-refractivity contribution in [2.24, 2.45) is 0 Å². The summed E-state index contributed by atoms with van der Waals surface area (Å²) in [4.78, 5) is 19.2. The van der Waals surface area contributed by atoms with Crippen LogP contribution in [0.15, 0.2) is 18.5 Å². The van der Waals surface area contributed by atoms with Gasteiger partial charge in [-0.2, -0.15) is 10.5 Å². The second-order valence-electron chi connectivity index (χ2n) is 3.90. The standard InChI is InChI=1S/C13H9N5O2/c1-2-9-3-8(13(19)20)4-12(17-9)18-7-16-10(5-14)11(18)6-15/h3-4,7H,2H2,1H3,(H,19,20). The summed E-state index contributed by atoms with van der Waals surface area (Å²) >= 11 is 0. The number of carboxylic acid groups (broad SMARTS) is 1. The maximum Gasteiger partial charge on any atom is 0.335 e. The Bertz CT molecular complexity index is 764. The van der Waals surface area contributed by atoms with Crippen LogP contribution in [-0.2, 0) is 6.42 Å². The number of nitrogens with zero attached hydrogens (tertiary/aromatic N) is 5. The fourth-order valence-electron chi connectivity index (χ4n) is 1.71. The lowest BCUT2D eigenvalue weighted by atomic mass is 10.2. The topological polar surface area (TPSA) is 116 Å². The number of imidazole rings is 1. The molecular formula is C13H9N5O2. The molecule has 2 rings (SSSR count). The third kappa shape index (κ3) is 2.20. The summed E-state index contributed by atoms with van der Waals surface area (Å²) in [5.41, 5.74) is 0.664. The summed E-state index contributed by atoms with van der Waals surface area (Å²) in [5.74, 6) is -0.824. The van der Waals surface area contributed by atoms with Crippen LogP contribution < -0.4 is 0 Å². The van der Waals surface area contributed by atoms with Gasteiger partial charge < -0.3 is 5.11 Å². The number of aromatic carboxylic acids is 1. The van der Waals surface area contributed by atoms with Crippen molar-refractivity contribution in [1.29, 1.82) is 10.5 Å². The van der Waals surface area contributed by atoms with Gasteiger partial charge in [-0.05, 0) is 18.6 Å². The molecule has 7 nitrogen and oxygen atoms in total. The lowest BCUT2D eigenvalue weighted by Crippen LogP contribution is -2.06. The van der Waals surface area contributed by atoms with Crippen LogP contribution in [0.3, 0.4) is 0 Å². The molecule has 0 fully saturated rings. The molecule has 20 heavy (non-hydrogen) atoms. The molecule has 0 radical (unpaired) electrons. The minimum absolute atomic E-state index is 0.0203. The van der Waals surface area contributed by atoms with Gasteiger partial charge in [0, 0.05) is 5.69 Å². The number of aromatic nitrogens is 3. The minimum atomic E-state index is -1.08. The summed E-state index contributed by atoms with van der Waals surface area (Å²) in [5, 5.41) is 27.0. The summed E-state index contributed by atoms with van der Waals surface area (Å²) in [6.45, 7) is 1.84. The number of nitriles is 2. The Hall–Kier alpha value is -3.19. The van der Waals surface area contributed by atoms with Crippen LogP contribution in [0.4, 0.5) is 0 Å². The first-order chi connectivity index (χ1) is 9.60. The van der Waals surface area contributed by atoms with Crippen LogP contribution in [0.1, 0.15) is 34.4 Å². The summed E-state index contributed by atoms with van der Waals surface area (Å²) in [6.07, 6.45) is 1.83. The van der Waals surface area contributed by atoms with Gasteiger partial charge in [0.15, 0.2) is 11.4 Å². The Morgan fingerprint density at radius 3 is 2.70 bits per heavy atom. The van der Waals surface area contributed by atoms with E-state index in [4.69, 9.17) is 15.6 Å². The highest BCUT2D eigenvalue weighted by atomic mass is 16.4. The molecule has 0 amide bonds. The summed E-state index contributed by atoms with van der Waals surface area (Å²) in [6, 6.07) is 6.49. The first-order valence-corrected chi connectivity index (χ1v) is 5.72. The van der Waals surface area contributed by atoms with Gasteiger partial charge in [-0.3, -0.25) is 4.57 Å². The summed E-state index contributed by atoms with van der Waals surface area (Å²) < 4.78 is 1.31. The largest absolute Gasteiger partial charge is 0.478 e. The van der Waals surface area contributed by atoms with E-state index in [2.05, 4.69) is 9.97 Å². The van der Waals surface area contributed by atoms with E-state index in [-0.39, 0.29) is 22.8 Å². The van der Waals surface area contributed by atoms with Gasteiger partial charge in [-0.1, -0.05) is 6.92 Å². The van der Waals surface area contributed by atoms with Gasteiger partial charge in [0.05, 0.1) is 5.56 Å². The van der Waals surface area contributed by atoms with Gasteiger partial charge >= 0.3 is 5.97 Å². The molecule has 0 atom stereocenters. The molecule has 0 saturated carbocycles. The molecule has 2 heterocycles. The lowest BCUT2D eigenvalue weighted by Gasteiger charge is -2.07. The Kier molecular flexibility index (Phi) is 3.45. The fourth-order valence-corrected chi connectivity index (χ4v) is 1.71. The molecule has 0 aliphatic heterocycles. The van der Waals surface area contributed by atoms with Crippen molar-refractivity contribution in [2.45, 2.75) is 13.3 Å². The van der Waals surface area contributed by atoms with Crippen molar-refractivity contribution >= 4 is 5.97 Å². The monoisotopic (exact) mass is 267 g/mol. The zero-order valence-corrected chi connectivity index (χ0v) is 10.5. The maximum absolute atomic E-state index is 11.1. The first-order valence-electron chi connectivity index (χ1n) is 5.72. The van der Waals surface area contributed by atoms with E-state index in [1.165, 1.54) is 23.0 Å². The number of carboxylic acids is 1. The predicted octanol–water partition coefficient (Wildman–Crippen LogP) is 1.27. The zero-order chi connectivity index (χ0) is 14.7. The van der Waals surface area contributed by atoms with Crippen LogP contribution >= 0.6 is 0 Å². The molecule has 0 bridgehead atoms. The fraction of sp³-hybridized carbons (Fsp3) is 0.154. The number of carbonyl (C=O) groups is 1. The predicted molar refractivity (Wildman–Crippen MR) is 67.1 cm³/mol. The van der Waals surface area contributed by atoms with Gasteiger partial charge in [0.25, 0.3) is 0 Å². The molecule has 0 unspecified atom stereocenters. The Morgan fingerprint density at radius 1 is 1.40 bits per heavy atom. The second-order valence-corrected chi connectivity index (χ2v) is 3.90. The Labute approximate surface area is 114 Å². The van der Waals surface area contributed by atoms with E-state index in [1.807, 2.05) is 13.0 Å². The Morgan fingerprint density at radius 2 is 2.15 bits per heavy atom. The van der Waals surface area contributed by atoms with Crippen LogP contribution in [0.5, 0.6) is 0 Å². The van der Waals surface area contributed by atoms with Gasteiger partial charge in [-0.25, -0.2) is 14.8 Å². The SMILES string of the molecule is CCc1cc(C(=O)O)cc(-n2cnc(C#N)c2C#N)n1. The van der Waals surface area contributed by atoms with Gasteiger partial charge in [0.1, 0.15) is 24.3 Å². The Balaban J connectivity index is 2.67. The average molecular weight is 267 g/mol. The highest BCUT2D eigenvalue weighted by Gasteiger charge is 2.15. The van der Waals surface area contributed by atoms with Crippen LogP contribution in [0.2, 0.25) is 0 Å². The van der Waals surface area contributed by atoms with E-state index < -0.39 is 5.97 Å². The molecule has 1 N–H and O–H groups in total. The zero-order valence-electron chi connectivity index (χ0n) is 10.5. The smallest absolute Gasteiger partial charge is 0.335 e. The van der Waals surface area contributed by atoms with Crippen molar-refractivity contribution in [2.75, 3.05) is 0 Å². The number of rotatable bonds is 3. The molecule has 0 aliphatic rings. The van der Waals surface area contributed by atoms with E-state index in [0.29, 0.717) is 12.1 Å². The van der Waals surface area contributed by atoms with E-state index in [1.54, 1.807) is 6.07 Å². The lowest BCUT2D eigenvalue weighted by molar-refractivity contribution is 0.0696. The molecule has 98 valence electrons. The minimum Gasteiger partial charge on any atom is -0.478 e. The van der Waals surface area contributed by atoms with Crippen LogP contribution in [-0.4, -0.2) is 25.6 Å². The van der Waals surface area contributed by atoms with Crippen molar-refractivity contribution in [1.82, 2.24) is 14.5 Å². The summed E-state index contributed by atoms with van der Waals surface area (Å²) in [7, 11) is 0. The molecular weight excluding hydrogens is 258 g/mol. The van der Waals surface area contributed by atoms with Crippen LogP contribution in [0.25, 0.3) is 5.82 Å². The van der Waals surface area contributed by atoms with Crippen molar-refractivity contribution < 1.29 is 9.90 Å². The van der Waals surface area contributed by atoms with Crippen molar-refractivity contribution in [3.05, 3.63) is 41.1 Å². The van der Waals surface area contributed by atoms with E-state index in [9.17, 15) is 4.79 Å². The van der Waals surface area contributed by atoms with Crippen molar-refractivity contribution in [3.63, 3.8) is 0 Å². The molecule has 0 aromatic carbocycles. The second kappa shape index (κ2) is 5.21. The molecule has 2 aromatic rings. The van der Waals surface area contributed by atoms with Crippen molar-refractivity contribution in [3.8, 4) is 18.0 Å². The highest BCUT2D eigenvalue weighted by molar-refractivity contribution is 5.88. The van der Waals surface area contributed by atoms with E-state index in [0.717, 1.165) is 0 Å². The molecule has 0 spiro atoms. The molecule has 2 aromatic heterocycles. The number of pyridine rings is 1. The highest BCUT2D eigenvalue weighted by Crippen LogP contribution is 2.15. The molecule has 0 saturated heterocycles. The molecule has 7 heteroatoms. The van der Waals surface area contributed by atoms with Gasteiger partial charge in [0.2, 0.25) is 0 Å². The third-order valence-corrected chi connectivity index (χ3v) is 2.70. The van der Waals surface area contributed by atoms with E-state index >= 15 is 0 Å². The average Bonchev–Trinajstić information content (AvgIpc) is 2.89. The normalized spacial score (nSPS) is 9.75. The number of hydrogen-bond donors (Lipinski definition) is 1. The maximum atomic E-state index is 11.1. The molecule has 0 aliphatic carbocycles. The third-order valence-electron chi connectivity index (χ3n) is 2.70. The van der Waals surface area contributed by atoms with Crippen LogP contribution in [0, 0.1) is 22.7 Å². The number of aryl methyl sites for hydroxylation is 1. The van der Waals surface area contributed by atoms with Gasteiger partial charge in [-0.15, -0.1) is 0 Å². The number of hydrogen-bond acceptors (Lipinski definition) is 5. The first kappa shape index (κ1) is 13.2. The quantitative estimate of drug-likeness (QED) is 0.895.